The number of carbonyl (C=O) groups excluding carboxylic acids is 1. The van der Waals surface area contributed by atoms with Gasteiger partial charge in [0.2, 0.25) is 0 Å². The smallest absolute Gasteiger partial charge is 0.341 e. The van der Waals surface area contributed by atoms with Gasteiger partial charge in [-0.1, -0.05) is 0 Å². The standard InChI is InChI=1S/C13H17ClN2O3/c1-2-19-13(17)10-8-15-12(16-11(10)7-14)9-3-5-18-6-4-9/h8-9H,2-7H2,1H3. The predicted molar refractivity (Wildman–Crippen MR) is 70.3 cm³/mol. The molecule has 0 aliphatic carbocycles. The summed E-state index contributed by atoms with van der Waals surface area (Å²) in [6, 6.07) is 0. The van der Waals surface area contributed by atoms with E-state index in [2.05, 4.69) is 9.97 Å². The number of alkyl halides is 1. The van der Waals surface area contributed by atoms with Crippen LogP contribution in [-0.4, -0.2) is 35.8 Å². The normalized spacial score (nSPS) is 16.3. The fraction of sp³-hybridized carbons (Fsp3) is 0.615. The van der Waals surface area contributed by atoms with Crippen LogP contribution in [-0.2, 0) is 15.4 Å². The maximum Gasteiger partial charge on any atom is 0.341 e. The van der Waals surface area contributed by atoms with Crippen LogP contribution in [0.1, 0.15) is 47.6 Å². The van der Waals surface area contributed by atoms with Gasteiger partial charge in [0.1, 0.15) is 11.4 Å². The van der Waals surface area contributed by atoms with Crippen LogP contribution in [0, 0.1) is 0 Å². The monoisotopic (exact) mass is 284 g/mol. The van der Waals surface area contributed by atoms with Gasteiger partial charge in [-0.25, -0.2) is 14.8 Å². The van der Waals surface area contributed by atoms with E-state index in [9.17, 15) is 4.79 Å². The SMILES string of the molecule is CCOC(=O)c1cnc(C2CCOCC2)nc1CCl. The van der Waals surface area contributed by atoms with Gasteiger partial charge >= 0.3 is 5.97 Å². The Morgan fingerprint density at radius 1 is 1.53 bits per heavy atom. The van der Waals surface area contributed by atoms with Gasteiger partial charge < -0.3 is 9.47 Å². The lowest BCUT2D eigenvalue weighted by Gasteiger charge is -2.21. The molecule has 2 rings (SSSR count). The Balaban J connectivity index is 2.22. The maximum absolute atomic E-state index is 11.7. The first kappa shape index (κ1) is 14.2. The Bertz CT molecular complexity index is 448. The van der Waals surface area contributed by atoms with Crippen molar-refractivity contribution in [3.05, 3.63) is 23.3 Å². The first-order valence-corrected chi connectivity index (χ1v) is 6.96. The van der Waals surface area contributed by atoms with Crippen molar-refractivity contribution in [3.8, 4) is 0 Å². The minimum absolute atomic E-state index is 0.173. The summed E-state index contributed by atoms with van der Waals surface area (Å²) in [4.78, 5) is 20.4. The van der Waals surface area contributed by atoms with Crippen LogP contribution in [0.5, 0.6) is 0 Å². The van der Waals surface area contributed by atoms with E-state index in [0.29, 0.717) is 17.9 Å². The van der Waals surface area contributed by atoms with Crippen molar-refractivity contribution in [3.63, 3.8) is 0 Å². The number of nitrogens with zero attached hydrogens (tertiary/aromatic N) is 2. The zero-order chi connectivity index (χ0) is 13.7. The molecule has 0 spiro atoms. The summed E-state index contributed by atoms with van der Waals surface area (Å²) in [5.74, 6) is 0.781. The summed E-state index contributed by atoms with van der Waals surface area (Å²) in [7, 11) is 0. The Hall–Kier alpha value is -1.20. The van der Waals surface area contributed by atoms with E-state index in [1.54, 1.807) is 6.92 Å². The van der Waals surface area contributed by atoms with E-state index in [-0.39, 0.29) is 11.8 Å². The van der Waals surface area contributed by atoms with E-state index < -0.39 is 5.97 Å². The highest BCUT2D eigenvalue weighted by Crippen LogP contribution is 2.25. The topological polar surface area (TPSA) is 61.3 Å². The molecule has 0 atom stereocenters. The predicted octanol–water partition coefficient (Wildman–Crippen LogP) is 2.29. The highest BCUT2D eigenvalue weighted by atomic mass is 35.5. The fourth-order valence-corrected chi connectivity index (χ4v) is 2.27. The third kappa shape index (κ3) is 3.42. The molecule has 0 aromatic carbocycles. The van der Waals surface area contributed by atoms with Crippen molar-refractivity contribution in [2.75, 3.05) is 19.8 Å². The molecule has 1 aliphatic heterocycles. The van der Waals surface area contributed by atoms with Crippen LogP contribution < -0.4 is 0 Å². The Morgan fingerprint density at radius 3 is 2.89 bits per heavy atom. The second kappa shape index (κ2) is 6.82. The van der Waals surface area contributed by atoms with Gasteiger partial charge in [0.15, 0.2) is 0 Å². The summed E-state index contributed by atoms with van der Waals surface area (Å²) < 4.78 is 10.3. The van der Waals surface area contributed by atoms with Crippen molar-refractivity contribution in [1.29, 1.82) is 0 Å². The first-order valence-electron chi connectivity index (χ1n) is 6.43. The lowest BCUT2D eigenvalue weighted by Crippen LogP contribution is -2.18. The van der Waals surface area contributed by atoms with Crippen LogP contribution in [0.4, 0.5) is 0 Å². The minimum atomic E-state index is -0.420. The number of rotatable bonds is 4. The molecule has 0 bridgehead atoms. The van der Waals surface area contributed by atoms with Gasteiger partial charge in [-0.2, -0.15) is 0 Å². The van der Waals surface area contributed by atoms with E-state index in [0.717, 1.165) is 31.9 Å². The van der Waals surface area contributed by atoms with Crippen LogP contribution >= 0.6 is 11.6 Å². The van der Waals surface area contributed by atoms with Crippen molar-refractivity contribution >= 4 is 17.6 Å². The van der Waals surface area contributed by atoms with Gasteiger partial charge in [0.25, 0.3) is 0 Å². The molecule has 0 N–H and O–H groups in total. The first-order chi connectivity index (χ1) is 9.26. The molecular weight excluding hydrogens is 268 g/mol. The molecule has 0 unspecified atom stereocenters. The minimum Gasteiger partial charge on any atom is -0.462 e. The number of esters is 1. The number of hydrogen-bond acceptors (Lipinski definition) is 5. The third-order valence-electron chi connectivity index (χ3n) is 3.09. The number of aromatic nitrogens is 2. The summed E-state index contributed by atoms with van der Waals surface area (Å²) in [5.41, 5.74) is 0.893. The Labute approximate surface area is 117 Å². The summed E-state index contributed by atoms with van der Waals surface area (Å²) in [5, 5.41) is 0. The quantitative estimate of drug-likeness (QED) is 0.627. The lowest BCUT2D eigenvalue weighted by atomic mass is 9.99. The molecule has 1 saturated heterocycles. The van der Waals surface area contributed by atoms with E-state index in [4.69, 9.17) is 21.1 Å². The molecule has 0 amide bonds. The van der Waals surface area contributed by atoms with Gasteiger partial charge in [0, 0.05) is 25.3 Å². The zero-order valence-electron chi connectivity index (χ0n) is 10.9. The van der Waals surface area contributed by atoms with Crippen molar-refractivity contribution in [2.45, 2.75) is 31.6 Å². The molecule has 0 radical (unpaired) electrons. The van der Waals surface area contributed by atoms with Gasteiger partial charge in [-0.15, -0.1) is 11.6 Å². The van der Waals surface area contributed by atoms with E-state index >= 15 is 0 Å². The third-order valence-corrected chi connectivity index (χ3v) is 3.35. The number of hydrogen-bond donors (Lipinski definition) is 0. The second-order valence-corrected chi connectivity index (χ2v) is 4.60. The van der Waals surface area contributed by atoms with Crippen molar-refractivity contribution < 1.29 is 14.3 Å². The Kier molecular flexibility index (Phi) is 5.10. The largest absolute Gasteiger partial charge is 0.462 e. The molecular formula is C13H17ClN2O3. The van der Waals surface area contributed by atoms with Crippen LogP contribution in [0.15, 0.2) is 6.20 Å². The highest BCUT2D eigenvalue weighted by molar-refractivity contribution is 6.17. The maximum atomic E-state index is 11.7. The molecule has 19 heavy (non-hydrogen) atoms. The summed E-state index contributed by atoms with van der Waals surface area (Å²) >= 11 is 5.86. The lowest BCUT2D eigenvalue weighted by molar-refractivity contribution is 0.0523. The van der Waals surface area contributed by atoms with Crippen LogP contribution in [0.25, 0.3) is 0 Å². The van der Waals surface area contributed by atoms with Gasteiger partial charge in [-0.05, 0) is 19.8 Å². The molecule has 0 saturated carbocycles. The molecule has 1 fully saturated rings. The average Bonchev–Trinajstić information content (AvgIpc) is 2.47. The number of halogens is 1. The molecule has 5 nitrogen and oxygen atoms in total. The highest BCUT2D eigenvalue weighted by Gasteiger charge is 2.21. The van der Waals surface area contributed by atoms with Crippen LogP contribution in [0.2, 0.25) is 0 Å². The van der Waals surface area contributed by atoms with Crippen molar-refractivity contribution in [2.24, 2.45) is 0 Å². The second-order valence-electron chi connectivity index (χ2n) is 4.33. The van der Waals surface area contributed by atoms with Gasteiger partial charge in [0.05, 0.1) is 18.2 Å². The van der Waals surface area contributed by atoms with Crippen molar-refractivity contribution in [1.82, 2.24) is 9.97 Å². The summed E-state index contributed by atoms with van der Waals surface area (Å²) in [6.07, 6.45) is 3.33. The van der Waals surface area contributed by atoms with E-state index in [1.807, 2.05) is 0 Å². The number of ether oxygens (including phenoxy) is 2. The molecule has 6 heteroatoms. The summed E-state index contributed by atoms with van der Waals surface area (Å²) in [6.45, 7) is 3.53. The molecule has 1 aliphatic rings. The van der Waals surface area contributed by atoms with Gasteiger partial charge in [-0.3, -0.25) is 0 Å². The fourth-order valence-electron chi connectivity index (χ4n) is 2.07. The molecule has 2 heterocycles. The van der Waals surface area contributed by atoms with E-state index in [1.165, 1.54) is 6.20 Å². The molecule has 104 valence electrons. The molecule has 1 aromatic heterocycles. The molecule has 1 aromatic rings. The van der Waals surface area contributed by atoms with Crippen LogP contribution in [0.3, 0.4) is 0 Å². The zero-order valence-corrected chi connectivity index (χ0v) is 11.7. The average molecular weight is 285 g/mol. The Morgan fingerprint density at radius 2 is 2.26 bits per heavy atom. The number of carbonyl (C=O) groups is 1.